The topological polar surface area (TPSA) is 84.0 Å². The summed E-state index contributed by atoms with van der Waals surface area (Å²) >= 11 is 1.36. The van der Waals surface area contributed by atoms with Crippen molar-refractivity contribution in [2.24, 2.45) is 0 Å². The highest BCUT2D eigenvalue weighted by atomic mass is 32.1. The van der Waals surface area contributed by atoms with Gasteiger partial charge in [0.15, 0.2) is 0 Å². The number of anilines is 2. The zero-order chi connectivity index (χ0) is 18.5. The smallest absolute Gasteiger partial charge is 0.257 e. The molecule has 1 aromatic heterocycles. The van der Waals surface area contributed by atoms with E-state index in [-0.39, 0.29) is 17.7 Å². The van der Waals surface area contributed by atoms with Gasteiger partial charge in [-0.2, -0.15) is 0 Å². The van der Waals surface area contributed by atoms with Crippen LogP contribution >= 0.6 is 11.3 Å². The first-order valence-corrected chi connectivity index (χ1v) is 8.96. The van der Waals surface area contributed by atoms with Crippen LogP contribution in [0.15, 0.2) is 54.6 Å². The Labute approximate surface area is 155 Å². The molecule has 0 saturated heterocycles. The van der Waals surface area contributed by atoms with Crippen molar-refractivity contribution in [3.63, 3.8) is 0 Å². The van der Waals surface area contributed by atoms with Crippen molar-refractivity contribution in [2.45, 2.75) is 19.8 Å². The Morgan fingerprint density at radius 1 is 0.846 bits per heavy atom. The molecule has 0 radical (unpaired) electrons. The number of benzene rings is 2. The first kappa shape index (κ1) is 17.8. The van der Waals surface area contributed by atoms with Gasteiger partial charge in [-0.05, 0) is 36.4 Å². The van der Waals surface area contributed by atoms with E-state index in [9.17, 15) is 9.59 Å². The Morgan fingerprint density at radius 2 is 1.46 bits per heavy atom. The van der Waals surface area contributed by atoms with Gasteiger partial charge in [-0.15, -0.1) is 10.2 Å². The lowest BCUT2D eigenvalue weighted by molar-refractivity contribution is 0.102. The molecule has 0 atom stereocenters. The maximum absolute atomic E-state index is 12.3. The summed E-state index contributed by atoms with van der Waals surface area (Å²) in [6, 6.07) is 15.6. The van der Waals surface area contributed by atoms with E-state index in [0.29, 0.717) is 21.9 Å². The molecule has 0 aliphatic carbocycles. The number of amides is 2. The zero-order valence-corrected chi connectivity index (χ0v) is 15.2. The van der Waals surface area contributed by atoms with E-state index < -0.39 is 0 Å². The molecule has 6 nitrogen and oxygen atoms in total. The van der Waals surface area contributed by atoms with Crippen LogP contribution in [0.4, 0.5) is 10.8 Å². The summed E-state index contributed by atoms with van der Waals surface area (Å²) in [5, 5.41) is 14.9. The summed E-state index contributed by atoms with van der Waals surface area (Å²) in [5.74, 6) is -0.194. The van der Waals surface area contributed by atoms with E-state index in [0.717, 1.165) is 5.01 Å². The average Bonchev–Trinajstić information content (AvgIpc) is 3.12. The van der Waals surface area contributed by atoms with Crippen molar-refractivity contribution in [1.29, 1.82) is 0 Å². The third-order valence-corrected chi connectivity index (χ3v) is 4.74. The molecule has 3 rings (SSSR count). The van der Waals surface area contributed by atoms with Crippen LogP contribution in [-0.4, -0.2) is 22.0 Å². The third kappa shape index (κ3) is 4.31. The summed E-state index contributed by atoms with van der Waals surface area (Å²) in [5.41, 5.74) is 1.67. The first-order valence-electron chi connectivity index (χ1n) is 8.14. The average molecular weight is 366 g/mol. The van der Waals surface area contributed by atoms with Gasteiger partial charge in [0.1, 0.15) is 5.01 Å². The Hall–Kier alpha value is -3.06. The molecule has 2 amide bonds. The quantitative estimate of drug-likeness (QED) is 0.710. The first-order chi connectivity index (χ1) is 12.5. The number of nitrogens with zero attached hydrogens (tertiary/aromatic N) is 2. The van der Waals surface area contributed by atoms with Gasteiger partial charge in [-0.25, -0.2) is 0 Å². The minimum atomic E-state index is -0.266. The maximum atomic E-state index is 12.3. The Balaban J connectivity index is 1.63. The molecule has 1 heterocycles. The van der Waals surface area contributed by atoms with Crippen molar-refractivity contribution < 1.29 is 9.59 Å². The number of hydrogen-bond donors (Lipinski definition) is 2. The summed E-state index contributed by atoms with van der Waals surface area (Å²) in [6.45, 7) is 4.04. The molecule has 0 fully saturated rings. The molecule has 7 heteroatoms. The summed E-state index contributed by atoms with van der Waals surface area (Å²) in [4.78, 5) is 24.4. The Bertz CT molecular complexity index is 905. The zero-order valence-electron chi connectivity index (χ0n) is 14.4. The molecular formula is C19H18N4O2S. The molecule has 0 saturated carbocycles. The molecule has 0 bridgehead atoms. The molecule has 0 unspecified atom stereocenters. The fourth-order valence-corrected chi connectivity index (χ4v) is 2.93. The van der Waals surface area contributed by atoms with E-state index in [1.807, 2.05) is 19.9 Å². The second-order valence-corrected chi connectivity index (χ2v) is 6.96. The molecule has 0 aliphatic heterocycles. The normalized spacial score (nSPS) is 10.6. The highest BCUT2D eigenvalue weighted by molar-refractivity contribution is 7.15. The molecule has 0 spiro atoms. The van der Waals surface area contributed by atoms with E-state index in [1.165, 1.54) is 11.3 Å². The van der Waals surface area contributed by atoms with Gasteiger partial charge < -0.3 is 5.32 Å². The molecule has 0 aliphatic rings. The molecule has 2 aromatic carbocycles. The van der Waals surface area contributed by atoms with Crippen LogP contribution in [0.2, 0.25) is 0 Å². The van der Waals surface area contributed by atoms with Gasteiger partial charge in [0.05, 0.1) is 0 Å². The molecule has 132 valence electrons. The second kappa shape index (κ2) is 7.88. The van der Waals surface area contributed by atoms with Gasteiger partial charge >= 0.3 is 0 Å². The van der Waals surface area contributed by atoms with Gasteiger partial charge in [0.2, 0.25) is 5.13 Å². The summed E-state index contributed by atoms with van der Waals surface area (Å²) < 4.78 is 0. The monoisotopic (exact) mass is 366 g/mol. The van der Waals surface area contributed by atoms with Crippen molar-refractivity contribution in [3.05, 3.63) is 70.7 Å². The van der Waals surface area contributed by atoms with Gasteiger partial charge in [-0.3, -0.25) is 14.9 Å². The van der Waals surface area contributed by atoms with E-state index >= 15 is 0 Å². The highest BCUT2D eigenvalue weighted by Crippen LogP contribution is 2.23. The second-order valence-electron chi connectivity index (χ2n) is 5.95. The lowest BCUT2D eigenvalue weighted by atomic mass is 10.1. The lowest BCUT2D eigenvalue weighted by Crippen LogP contribution is -2.13. The minimum Gasteiger partial charge on any atom is -0.322 e. The number of carbonyl (C=O) groups is 2. The number of nitrogens with one attached hydrogen (secondary N) is 2. The van der Waals surface area contributed by atoms with Crippen molar-refractivity contribution in [3.8, 4) is 0 Å². The molecule has 3 aromatic rings. The lowest BCUT2D eigenvalue weighted by Gasteiger charge is -2.06. The van der Waals surface area contributed by atoms with Crippen LogP contribution in [0, 0.1) is 0 Å². The minimum absolute atomic E-state index is 0.196. The van der Waals surface area contributed by atoms with E-state index in [4.69, 9.17) is 0 Å². The Kier molecular flexibility index (Phi) is 5.38. The number of hydrogen-bond acceptors (Lipinski definition) is 5. The molecule has 2 N–H and O–H groups in total. The van der Waals surface area contributed by atoms with Crippen molar-refractivity contribution in [2.75, 3.05) is 10.6 Å². The van der Waals surface area contributed by atoms with Crippen LogP contribution in [0.1, 0.15) is 45.5 Å². The fraction of sp³-hybridized carbons (Fsp3) is 0.158. The highest BCUT2D eigenvalue weighted by Gasteiger charge is 2.12. The molecular weight excluding hydrogens is 348 g/mol. The predicted molar refractivity (Wildman–Crippen MR) is 103 cm³/mol. The predicted octanol–water partition coefficient (Wildman–Crippen LogP) is 4.17. The van der Waals surface area contributed by atoms with Crippen molar-refractivity contribution >= 4 is 34.0 Å². The van der Waals surface area contributed by atoms with Crippen LogP contribution in [0.5, 0.6) is 0 Å². The number of aromatic nitrogens is 2. The largest absolute Gasteiger partial charge is 0.322 e. The maximum Gasteiger partial charge on any atom is 0.257 e. The van der Waals surface area contributed by atoms with Crippen LogP contribution in [0.3, 0.4) is 0 Å². The van der Waals surface area contributed by atoms with E-state index in [1.54, 1.807) is 48.5 Å². The molecule has 26 heavy (non-hydrogen) atoms. The van der Waals surface area contributed by atoms with E-state index in [2.05, 4.69) is 20.8 Å². The van der Waals surface area contributed by atoms with Gasteiger partial charge in [0.25, 0.3) is 11.8 Å². The summed E-state index contributed by atoms with van der Waals surface area (Å²) in [7, 11) is 0. The fourth-order valence-electron chi connectivity index (χ4n) is 2.19. The SMILES string of the molecule is CC(C)c1nnc(NC(=O)c2ccc(NC(=O)c3ccccc3)cc2)s1. The van der Waals surface area contributed by atoms with Crippen LogP contribution in [0.25, 0.3) is 0 Å². The Morgan fingerprint density at radius 3 is 2.08 bits per heavy atom. The van der Waals surface area contributed by atoms with Gasteiger partial charge in [-0.1, -0.05) is 43.4 Å². The number of carbonyl (C=O) groups excluding carboxylic acids is 2. The number of rotatable bonds is 5. The van der Waals surface area contributed by atoms with Crippen LogP contribution < -0.4 is 10.6 Å². The van der Waals surface area contributed by atoms with Crippen molar-refractivity contribution in [1.82, 2.24) is 10.2 Å². The van der Waals surface area contributed by atoms with Crippen LogP contribution in [-0.2, 0) is 0 Å². The summed E-state index contributed by atoms with van der Waals surface area (Å²) in [6.07, 6.45) is 0. The van der Waals surface area contributed by atoms with Gasteiger partial charge in [0, 0.05) is 22.7 Å². The standard InChI is InChI=1S/C19H18N4O2S/c1-12(2)18-22-23-19(26-18)21-17(25)14-8-10-15(11-9-14)20-16(24)13-6-4-3-5-7-13/h3-12H,1-2H3,(H,20,24)(H,21,23,25). The third-order valence-electron chi connectivity index (χ3n) is 3.60.